The van der Waals surface area contributed by atoms with Crippen LogP contribution in [0, 0.1) is 0 Å². The summed E-state index contributed by atoms with van der Waals surface area (Å²) in [5.74, 6) is 1.59. The molecule has 0 bridgehead atoms. The van der Waals surface area contributed by atoms with Gasteiger partial charge < -0.3 is 14.3 Å². The number of hydrogen-bond donors (Lipinski definition) is 2. The molecule has 1 aromatic heterocycles. The molecule has 0 spiro atoms. The van der Waals surface area contributed by atoms with Gasteiger partial charge in [0.05, 0.1) is 6.10 Å². The minimum Gasteiger partial charge on any atom is -0.352 e. The summed E-state index contributed by atoms with van der Waals surface area (Å²) in [6.45, 7) is 0. The van der Waals surface area contributed by atoms with E-state index in [-0.39, 0.29) is 6.10 Å². The van der Waals surface area contributed by atoms with Crippen molar-refractivity contribution in [3.8, 4) is 0 Å². The fourth-order valence-corrected chi connectivity index (χ4v) is 3.21. The van der Waals surface area contributed by atoms with E-state index in [0.29, 0.717) is 6.04 Å². The molecule has 7 heteroatoms. The highest BCUT2D eigenvalue weighted by Gasteiger charge is 2.25. The normalized spacial score (nSPS) is 23.4. The number of aromatic nitrogens is 2. The first kappa shape index (κ1) is 16.0. The van der Waals surface area contributed by atoms with Crippen LogP contribution in [0.15, 0.2) is 12.3 Å². The molecule has 2 rings (SSSR count). The Hall–Kier alpha value is -0.420. The van der Waals surface area contributed by atoms with Gasteiger partial charge >= 0.3 is 0 Å². The molecule has 0 saturated heterocycles. The highest BCUT2D eigenvalue weighted by atomic mass is 32.1. The fourth-order valence-electron chi connectivity index (χ4n) is 2.60. The van der Waals surface area contributed by atoms with Crippen LogP contribution in [0.1, 0.15) is 31.4 Å². The average Bonchev–Trinajstić information content (AvgIpc) is 2.48. The van der Waals surface area contributed by atoms with Gasteiger partial charge in [-0.05, 0) is 43.9 Å². The minimum atomic E-state index is -0.399. The smallest absolute Gasteiger partial charge is 0.225 e. The van der Waals surface area contributed by atoms with Crippen LogP contribution in [0.2, 0.25) is 0 Å². The van der Waals surface area contributed by atoms with Crippen molar-refractivity contribution in [1.82, 2.24) is 9.97 Å². The maximum Gasteiger partial charge on any atom is 0.225 e. The molecule has 0 aliphatic heterocycles. The Bertz CT molecular complexity index is 416. The molecule has 20 heavy (non-hydrogen) atoms. The Balaban J connectivity index is 1.94. The Morgan fingerprint density at radius 1 is 1.45 bits per heavy atom. The lowest BCUT2D eigenvalue weighted by Crippen LogP contribution is -2.37. The first-order valence-electron chi connectivity index (χ1n) is 6.95. The zero-order valence-electron chi connectivity index (χ0n) is 11.7. The summed E-state index contributed by atoms with van der Waals surface area (Å²) in [4.78, 5) is 19.9. The molecule has 1 aromatic rings. The molecule has 1 saturated carbocycles. The van der Waals surface area contributed by atoms with Gasteiger partial charge in [0.1, 0.15) is 0 Å². The van der Waals surface area contributed by atoms with Gasteiger partial charge in [-0.15, -0.1) is 0 Å². The van der Waals surface area contributed by atoms with Gasteiger partial charge in [-0.2, -0.15) is 12.6 Å². The largest absolute Gasteiger partial charge is 0.352 e. The highest BCUT2D eigenvalue weighted by molar-refractivity contribution is 7.80. The molecule has 1 N–H and O–H groups in total. The third-order valence-corrected chi connectivity index (χ3v) is 4.46. The van der Waals surface area contributed by atoms with E-state index in [1.165, 1.54) is 0 Å². The van der Waals surface area contributed by atoms with Gasteiger partial charge in [-0.3, -0.25) is 0 Å². The summed E-state index contributed by atoms with van der Waals surface area (Å²) < 4.78 is 5.29. The molecule has 112 valence electrons. The molecule has 5 nitrogen and oxygen atoms in total. The van der Waals surface area contributed by atoms with Crippen LogP contribution in [-0.2, 0) is 10.9 Å². The zero-order chi connectivity index (χ0) is 14.4. The highest BCUT2D eigenvalue weighted by Crippen LogP contribution is 2.29. The van der Waals surface area contributed by atoms with Gasteiger partial charge in [-0.1, -0.05) is 0 Å². The average molecular weight is 315 g/mol. The SMILES string of the molecule is CN(c1nccc(CCS)n1)C1CCC(OPO)CC1. The van der Waals surface area contributed by atoms with E-state index in [2.05, 4.69) is 34.5 Å². The third kappa shape index (κ3) is 4.29. The van der Waals surface area contributed by atoms with Gasteiger partial charge in [-0.25, -0.2) is 9.97 Å². The van der Waals surface area contributed by atoms with Crippen molar-refractivity contribution in [2.45, 2.75) is 44.2 Å². The number of hydrogen-bond acceptors (Lipinski definition) is 6. The van der Waals surface area contributed by atoms with Crippen LogP contribution in [-0.4, -0.2) is 39.8 Å². The second kappa shape index (κ2) is 8.13. The monoisotopic (exact) mass is 315 g/mol. The molecule has 0 aromatic carbocycles. The molecule has 1 atom stereocenters. The lowest BCUT2D eigenvalue weighted by molar-refractivity contribution is 0.155. The standard InChI is InChI=1S/C13H22N3O2PS/c1-16(11-2-4-12(5-3-11)18-19-17)13-14-8-6-10(15-13)7-9-20/h6,8,11-12,17,19-20H,2-5,7,9H2,1H3. The van der Waals surface area contributed by atoms with Crippen LogP contribution in [0.25, 0.3) is 0 Å². The Morgan fingerprint density at radius 3 is 2.85 bits per heavy atom. The predicted molar refractivity (Wildman–Crippen MR) is 85.7 cm³/mol. The second-order valence-corrected chi connectivity index (χ2v) is 5.94. The fraction of sp³-hybridized carbons (Fsp3) is 0.692. The predicted octanol–water partition coefficient (Wildman–Crippen LogP) is 2.21. The number of rotatable bonds is 6. The van der Waals surface area contributed by atoms with E-state index in [0.717, 1.165) is 49.5 Å². The summed E-state index contributed by atoms with van der Waals surface area (Å²) >= 11 is 4.24. The van der Waals surface area contributed by atoms with Crippen molar-refractivity contribution in [3.63, 3.8) is 0 Å². The Morgan fingerprint density at radius 2 is 2.20 bits per heavy atom. The van der Waals surface area contributed by atoms with Crippen LogP contribution in [0.3, 0.4) is 0 Å². The Kier molecular flexibility index (Phi) is 6.49. The van der Waals surface area contributed by atoms with Crippen LogP contribution < -0.4 is 4.90 Å². The molecule has 1 aliphatic rings. The molecule has 1 heterocycles. The van der Waals surface area contributed by atoms with Crippen LogP contribution in [0.5, 0.6) is 0 Å². The van der Waals surface area contributed by atoms with Crippen molar-refractivity contribution in [2.24, 2.45) is 0 Å². The molecule has 1 aliphatic carbocycles. The lowest BCUT2D eigenvalue weighted by Gasteiger charge is -2.34. The second-order valence-electron chi connectivity index (χ2n) is 5.07. The van der Waals surface area contributed by atoms with Crippen molar-refractivity contribution >= 4 is 27.6 Å². The molecular formula is C13H22N3O2PS. The topological polar surface area (TPSA) is 58.5 Å². The number of nitrogens with zero attached hydrogens (tertiary/aromatic N) is 3. The van der Waals surface area contributed by atoms with Crippen molar-refractivity contribution < 1.29 is 9.42 Å². The molecular weight excluding hydrogens is 293 g/mol. The molecule has 0 amide bonds. The quantitative estimate of drug-likeness (QED) is 0.623. The summed E-state index contributed by atoms with van der Waals surface area (Å²) in [7, 11) is 1.66. The van der Waals surface area contributed by atoms with Crippen LogP contribution in [0.4, 0.5) is 5.95 Å². The van der Waals surface area contributed by atoms with E-state index in [9.17, 15) is 0 Å². The lowest BCUT2D eigenvalue weighted by atomic mass is 9.92. The van der Waals surface area contributed by atoms with E-state index in [1.807, 2.05) is 12.3 Å². The minimum absolute atomic E-state index is 0.208. The van der Waals surface area contributed by atoms with Crippen molar-refractivity contribution in [2.75, 3.05) is 17.7 Å². The van der Waals surface area contributed by atoms with Crippen LogP contribution >= 0.6 is 21.7 Å². The molecule has 1 unspecified atom stereocenters. The van der Waals surface area contributed by atoms with Crippen molar-refractivity contribution in [3.05, 3.63) is 18.0 Å². The number of thiol groups is 1. The first-order valence-corrected chi connectivity index (χ1v) is 8.43. The van der Waals surface area contributed by atoms with E-state index in [1.54, 1.807) is 0 Å². The van der Waals surface area contributed by atoms with Gasteiger partial charge in [0.15, 0.2) is 9.03 Å². The summed E-state index contributed by atoms with van der Waals surface area (Å²) in [6.07, 6.45) is 6.96. The number of aryl methyl sites for hydroxylation is 1. The van der Waals surface area contributed by atoms with Gasteiger partial charge in [0.2, 0.25) is 5.95 Å². The first-order chi connectivity index (χ1) is 9.74. The molecule has 0 radical (unpaired) electrons. The maximum absolute atomic E-state index is 8.82. The van der Waals surface area contributed by atoms with E-state index in [4.69, 9.17) is 9.42 Å². The van der Waals surface area contributed by atoms with Gasteiger partial charge in [0, 0.05) is 25.0 Å². The van der Waals surface area contributed by atoms with Gasteiger partial charge in [0.25, 0.3) is 0 Å². The molecule has 1 fully saturated rings. The number of anilines is 1. The third-order valence-electron chi connectivity index (χ3n) is 3.79. The van der Waals surface area contributed by atoms with Crippen molar-refractivity contribution in [1.29, 1.82) is 0 Å². The Labute approximate surface area is 127 Å². The summed E-state index contributed by atoms with van der Waals surface area (Å²) in [5.41, 5.74) is 1.04. The zero-order valence-corrected chi connectivity index (χ0v) is 13.6. The van der Waals surface area contributed by atoms with E-state index < -0.39 is 9.03 Å². The maximum atomic E-state index is 8.82. The van der Waals surface area contributed by atoms with E-state index >= 15 is 0 Å². The summed E-state index contributed by atoms with van der Waals surface area (Å²) in [5, 5.41) is 0. The summed E-state index contributed by atoms with van der Waals surface area (Å²) in [6, 6.07) is 2.39.